The monoisotopic (exact) mass is 408 g/mol. The average Bonchev–Trinajstić information content (AvgIpc) is 2.77. The molecular formula is C24H28N2O4. The zero-order valence-corrected chi connectivity index (χ0v) is 17.0. The lowest BCUT2D eigenvalue weighted by molar-refractivity contribution is -0.137. The van der Waals surface area contributed by atoms with Crippen LogP contribution in [0.4, 0.5) is 0 Å². The standard InChI is InChI=1S/C24H28N2O4/c27-22(28)16-15-21(24(30)25-20-9-5-2-6-10-20)26-23(29)19-13-11-18(12-14-19)17-7-3-1-4-8-17/h1,3-4,7-8,11-14,20-21H,2,5-6,9-10,15-16H2,(H,25,30)(H,26,29)(H,27,28)/t21-/m0/s1. The molecule has 2 amide bonds. The third kappa shape index (κ3) is 6.17. The normalized spacial score (nSPS) is 15.2. The highest BCUT2D eigenvalue weighted by molar-refractivity contribution is 5.98. The number of aliphatic carboxylic acids is 1. The molecule has 1 saturated carbocycles. The number of hydrogen-bond acceptors (Lipinski definition) is 3. The summed E-state index contributed by atoms with van der Waals surface area (Å²) >= 11 is 0. The molecule has 0 unspecified atom stereocenters. The number of benzene rings is 2. The minimum atomic E-state index is -0.994. The van der Waals surface area contributed by atoms with Crippen LogP contribution in [-0.2, 0) is 9.59 Å². The molecule has 0 bridgehead atoms. The van der Waals surface area contributed by atoms with E-state index in [1.54, 1.807) is 12.1 Å². The van der Waals surface area contributed by atoms with Crippen molar-refractivity contribution in [1.29, 1.82) is 0 Å². The molecule has 6 nitrogen and oxygen atoms in total. The summed E-state index contributed by atoms with van der Waals surface area (Å²) in [5.74, 6) is -1.69. The topological polar surface area (TPSA) is 95.5 Å². The highest BCUT2D eigenvalue weighted by Crippen LogP contribution is 2.20. The van der Waals surface area contributed by atoms with Crippen molar-refractivity contribution < 1.29 is 19.5 Å². The molecule has 30 heavy (non-hydrogen) atoms. The predicted molar refractivity (Wildman–Crippen MR) is 115 cm³/mol. The van der Waals surface area contributed by atoms with E-state index in [-0.39, 0.29) is 30.7 Å². The van der Waals surface area contributed by atoms with E-state index in [1.807, 2.05) is 42.5 Å². The Balaban J connectivity index is 1.65. The van der Waals surface area contributed by atoms with Gasteiger partial charge in [0.2, 0.25) is 5.91 Å². The van der Waals surface area contributed by atoms with Crippen molar-refractivity contribution in [1.82, 2.24) is 10.6 Å². The zero-order chi connectivity index (χ0) is 21.3. The molecule has 1 aliphatic carbocycles. The van der Waals surface area contributed by atoms with Crippen molar-refractivity contribution in [2.45, 2.75) is 57.0 Å². The summed E-state index contributed by atoms with van der Waals surface area (Å²) < 4.78 is 0. The Hall–Kier alpha value is -3.15. The summed E-state index contributed by atoms with van der Waals surface area (Å²) in [6, 6.07) is 16.2. The Morgan fingerprint density at radius 1 is 0.900 bits per heavy atom. The van der Waals surface area contributed by atoms with E-state index >= 15 is 0 Å². The number of nitrogens with one attached hydrogen (secondary N) is 2. The summed E-state index contributed by atoms with van der Waals surface area (Å²) in [5, 5.41) is 14.7. The molecule has 0 saturated heterocycles. The van der Waals surface area contributed by atoms with Crippen molar-refractivity contribution in [2.24, 2.45) is 0 Å². The van der Waals surface area contributed by atoms with Gasteiger partial charge < -0.3 is 15.7 Å². The Kier molecular flexibility index (Phi) is 7.60. The van der Waals surface area contributed by atoms with Crippen LogP contribution in [0.3, 0.4) is 0 Å². The fourth-order valence-corrected chi connectivity index (χ4v) is 3.77. The Bertz CT molecular complexity index is 859. The van der Waals surface area contributed by atoms with Crippen LogP contribution in [0.15, 0.2) is 54.6 Å². The van der Waals surface area contributed by atoms with Gasteiger partial charge in [0.05, 0.1) is 0 Å². The van der Waals surface area contributed by atoms with Crippen LogP contribution >= 0.6 is 0 Å². The first-order valence-corrected chi connectivity index (χ1v) is 10.5. The fraction of sp³-hybridized carbons (Fsp3) is 0.375. The SMILES string of the molecule is O=C(O)CC[C@H](NC(=O)c1ccc(-c2ccccc2)cc1)C(=O)NC1CCCCC1. The smallest absolute Gasteiger partial charge is 0.303 e. The first-order valence-electron chi connectivity index (χ1n) is 10.5. The highest BCUT2D eigenvalue weighted by Gasteiger charge is 2.25. The van der Waals surface area contributed by atoms with E-state index in [0.717, 1.165) is 36.8 Å². The predicted octanol–water partition coefficient (Wildman–Crippen LogP) is 3.77. The third-order valence-electron chi connectivity index (χ3n) is 5.47. The van der Waals surface area contributed by atoms with Gasteiger partial charge in [0.1, 0.15) is 6.04 Å². The molecule has 0 heterocycles. The second-order valence-corrected chi connectivity index (χ2v) is 7.75. The summed E-state index contributed by atoms with van der Waals surface area (Å²) in [5.41, 5.74) is 2.47. The van der Waals surface area contributed by atoms with E-state index in [4.69, 9.17) is 5.11 Å². The second-order valence-electron chi connectivity index (χ2n) is 7.75. The Morgan fingerprint density at radius 3 is 2.17 bits per heavy atom. The largest absolute Gasteiger partial charge is 0.481 e. The van der Waals surface area contributed by atoms with Gasteiger partial charge in [-0.05, 0) is 42.5 Å². The number of carboxylic acid groups (broad SMARTS) is 1. The highest BCUT2D eigenvalue weighted by atomic mass is 16.4. The van der Waals surface area contributed by atoms with Crippen molar-refractivity contribution in [3.8, 4) is 11.1 Å². The lowest BCUT2D eigenvalue weighted by Crippen LogP contribution is -2.50. The molecule has 3 rings (SSSR count). The summed E-state index contributed by atoms with van der Waals surface area (Å²) in [4.78, 5) is 36.4. The van der Waals surface area contributed by atoms with Gasteiger partial charge in [0.25, 0.3) is 5.91 Å². The minimum Gasteiger partial charge on any atom is -0.481 e. The van der Waals surface area contributed by atoms with Crippen LogP contribution in [0.5, 0.6) is 0 Å². The van der Waals surface area contributed by atoms with Gasteiger partial charge in [-0.25, -0.2) is 0 Å². The maximum absolute atomic E-state index is 12.7. The third-order valence-corrected chi connectivity index (χ3v) is 5.47. The minimum absolute atomic E-state index is 0.0573. The van der Waals surface area contributed by atoms with Crippen LogP contribution < -0.4 is 10.6 Å². The molecule has 1 aliphatic rings. The van der Waals surface area contributed by atoms with Gasteiger partial charge in [0, 0.05) is 18.0 Å². The van der Waals surface area contributed by atoms with Crippen LogP contribution in [0, 0.1) is 0 Å². The first-order chi connectivity index (χ1) is 14.5. The number of amides is 2. The average molecular weight is 408 g/mol. The van der Waals surface area contributed by atoms with Gasteiger partial charge in [-0.15, -0.1) is 0 Å². The lowest BCUT2D eigenvalue weighted by atomic mass is 9.95. The van der Waals surface area contributed by atoms with Crippen molar-refractivity contribution >= 4 is 17.8 Å². The molecule has 0 radical (unpaired) electrons. The molecular weight excluding hydrogens is 380 g/mol. The van der Waals surface area contributed by atoms with Gasteiger partial charge in [-0.3, -0.25) is 14.4 Å². The van der Waals surface area contributed by atoms with Crippen LogP contribution in [0.2, 0.25) is 0 Å². The second kappa shape index (κ2) is 10.6. The number of rotatable bonds is 8. The maximum atomic E-state index is 12.7. The van der Waals surface area contributed by atoms with E-state index in [9.17, 15) is 14.4 Å². The van der Waals surface area contributed by atoms with Crippen LogP contribution in [0.25, 0.3) is 11.1 Å². The van der Waals surface area contributed by atoms with E-state index in [0.29, 0.717) is 5.56 Å². The summed E-state index contributed by atoms with van der Waals surface area (Å²) in [7, 11) is 0. The van der Waals surface area contributed by atoms with E-state index < -0.39 is 12.0 Å². The number of carbonyl (C=O) groups excluding carboxylic acids is 2. The summed E-state index contributed by atoms with van der Waals surface area (Å²) in [6.45, 7) is 0. The van der Waals surface area contributed by atoms with E-state index in [1.165, 1.54) is 6.42 Å². The Morgan fingerprint density at radius 2 is 1.53 bits per heavy atom. The van der Waals surface area contributed by atoms with Gasteiger partial charge >= 0.3 is 5.97 Å². The van der Waals surface area contributed by atoms with Crippen molar-refractivity contribution in [3.63, 3.8) is 0 Å². The molecule has 0 aliphatic heterocycles. The molecule has 6 heteroatoms. The molecule has 1 fully saturated rings. The lowest BCUT2D eigenvalue weighted by Gasteiger charge is -2.26. The fourth-order valence-electron chi connectivity index (χ4n) is 3.77. The number of hydrogen-bond donors (Lipinski definition) is 3. The van der Waals surface area contributed by atoms with Crippen molar-refractivity contribution in [2.75, 3.05) is 0 Å². The van der Waals surface area contributed by atoms with Gasteiger partial charge in [-0.1, -0.05) is 61.7 Å². The summed E-state index contributed by atoms with van der Waals surface area (Å²) in [6.07, 6.45) is 5.04. The molecule has 0 spiro atoms. The maximum Gasteiger partial charge on any atom is 0.303 e. The van der Waals surface area contributed by atoms with Crippen LogP contribution in [-0.4, -0.2) is 35.0 Å². The number of carbonyl (C=O) groups is 3. The number of carboxylic acids is 1. The zero-order valence-electron chi connectivity index (χ0n) is 17.0. The molecule has 0 aromatic heterocycles. The molecule has 2 aromatic carbocycles. The van der Waals surface area contributed by atoms with Gasteiger partial charge in [-0.2, -0.15) is 0 Å². The van der Waals surface area contributed by atoms with Crippen molar-refractivity contribution in [3.05, 3.63) is 60.2 Å². The van der Waals surface area contributed by atoms with Gasteiger partial charge in [0.15, 0.2) is 0 Å². The first kappa shape index (κ1) is 21.6. The molecule has 158 valence electrons. The molecule has 1 atom stereocenters. The molecule has 3 N–H and O–H groups in total. The van der Waals surface area contributed by atoms with Crippen LogP contribution in [0.1, 0.15) is 55.3 Å². The molecule has 2 aromatic rings. The quantitative estimate of drug-likeness (QED) is 0.620. The van der Waals surface area contributed by atoms with E-state index in [2.05, 4.69) is 10.6 Å². The Labute approximate surface area is 176 Å².